The van der Waals surface area contributed by atoms with Crippen molar-refractivity contribution in [2.75, 3.05) is 0 Å². The molecule has 70 valence electrons. The zero-order valence-corrected chi connectivity index (χ0v) is 9.79. The van der Waals surface area contributed by atoms with Gasteiger partial charge in [-0.25, -0.2) is 0 Å². The first kappa shape index (κ1) is 9.77. The van der Waals surface area contributed by atoms with Crippen LogP contribution in [0.3, 0.4) is 0 Å². The van der Waals surface area contributed by atoms with Gasteiger partial charge in [-0.3, -0.25) is 0 Å². The molecule has 0 aliphatic carbocycles. The molecule has 0 fully saturated rings. The molecule has 0 nitrogen and oxygen atoms in total. The average molecular weight is 236 g/mol. The third kappa shape index (κ3) is 2.61. The van der Waals surface area contributed by atoms with Gasteiger partial charge in [-0.2, -0.15) is 0 Å². The van der Waals surface area contributed by atoms with Crippen molar-refractivity contribution in [2.24, 2.45) is 0 Å². The van der Waals surface area contributed by atoms with Crippen LogP contribution in [0.2, 0.25) is 0 Å². The van der Waals surface area contributed by atoms with Crippen LogP contribution >= 0.6 is 34.9 Å². The van der Waals surface area contributed by atoms with E-state index in [-0.39, 0.29) is 0 Å². The van der Waals surface area contributed by atoms with Crippen LogP contribution in [0, 0.1) is 3.14 Å². The molecule has 14 heavy (non-hydrogen) atoms. The molecule has 0 aliphatic rings. The lowest BCUT2D eigenvalue weighted by Gasteiger charge is -1.89. The summed E-state index contributed by atoms with van der Waals surface area (Å²) < 4.78 is 0.984. The molecule has 2 rings (SSSR count). The van der Waals surface area contributed by atoms with E-state index in [0.29, 0.717) is 0 Å². The molecular formula is C11H8S3. The predicted octanol–water partition coefficient (Wildman–Crippen LogP) is 4.71. The summed E-state index contributed by atoms with van der Waals surface area (Å²) in [6.07, 6.45) is 4.21. The molecule has 0 radical (unpaired) electrons. The highest BCUT2D eigenvalue weighted by Crippen LogP contribution is 2.19. The summed E-state index contributed by atoms with van der Waals surface area (Å²) in [7, 11) is 0. The normalized spacial score (nSPS) is 10.9. The third-order valence-corrected chi connectivity index (χ3v) is 4.16. The van der Waals surface area contributed by atoms with Crippen molar-refractivity contribution in [1.82, 2.24) is 0 Å². The van der Waals surface area contributed by atoms with Crippen LogP contribution in [0.5, 0.6) is 0 Å². The van der Waals surface area contributed by atoms with Crippen LogP contribution in [0.25, 0.3) is 12.2 Å². The standard InChI is InChI=1S/C11H8S3/c12-11-13-8-10(14-11)7-6-9-4-2-1-3-5-9/h1-8H/b7-6+. The summed E-state index contributed by atoms with van der Waals surface area (Å²) in [5.74, 6) is 0. The molecule has 1 aromatic heterocycles. The zero-order valence-electron chi connectivity index (χ0n) is 7.34. The molecule has 0 bridgehead atoms. The van der Waals surface area contributed by atoms with Crippen LogP contribution in [0.1, 0.15) is 10.4 Å². The first-order valence-corrected chi connectivity index (χ1v) is 6.27. The van der Waals surface area contributed by atoms with Crippen molar-refractivity contribution >= 4 is 47.0 Å². The Morgan fingerprint density at radius 1 is 1.07 bits per heavy atom. The first-order chi connectivity index (χ1) is 6.84. The van der Waals surface area contributed by atoms with Gasteiger partial charge in [0.25, 0.3) is 0 Å². The summed E-state index contributed by atoms with van der Waals surface area (Å²) in [5.41, 5.74) is 1.22. The van der Waals surface area contributed by atoms with Gasteiger partial charge < -0.3 is 0 Å². The Labute approximate surface area is 96.2 Å². The van der Waals surface area contributed by atoms with Gasteiger partial charge in [0, 0.05) is 10.3 Å². The fourth-order valence-corrected chi connectivity index (χ4v) is 3.08. The van der Waals surface area contributed by atoms with Gasteiger partial charge in [-0.05, 0) is 11.6 Å². The predicted molar refractivity (Wildman–Crippen MR) is 68.4 cm³/mol. The second-order valence-corrected chi connectivity index (χ2v) is 5.88. The second-order valence-electron chi connectivity index (χ2n) is 2.73. The van der Waals surface area contributed by atoms with Crippen LogP contribution in [-0.2, 0) is 0 Å². The monoisotopic (exact) mass is 236 g/mol. The Bertz CT molecular complexity index is 476. The lowest BCUT2D eigenvalue weighted by Crippen LogP contribution is -1.66. The molecule has 0 aliphatic heterocycles. The van der Waals surface area contributed by atoms with Crippen molar-refractivity contribution in [3.8, 4) is 0 Å². The Morgan fingerprint density at radius 3 is 2.50 bits per heavy atom. The van der Waals surface area contributed by atoms with E-state index in [1.807, 2.05) is 18.2 Å². The van der Waals surface area contributed by atoms with Crippen molar-refractivity contribution in [1.29, 1.82) is 0 Å². The topological polar surface area (TPSA) is 0 Å². The van der Waals surface area contributed by atoms with Crippen molar-refractivity contribution in [3.05, 3.63) is 49.3 Å². The van der Waals surface area contributed by atoms with E-state index in [2.05, 4.69) is 29.7 Å². The molecule has 3 heteroatoms. The minimum Gasteiger partial charge on any atom is -0.121 e. The fraction of sp³-hybridized carbons (Fsp3) is 0. The van der Waals surface area contributed by atoms with Crippen molar-refractivity contribution < 1.29 is 0 Å². The fourth-order valence-electron chi connectivity index (χ4n) is 1.07. The molecule has 0 saturated carbocycles. The van der Waals surface area contributed by atoms with Gasteiger partial charge in [-0.15, -0.1) is 22.7 Å². The summed E-state index contributed by atoms with van der Waals surface area (Å²) in [5, 5.41) is 2.09. The van der Waals surface area contributed by atoms with Crippen molar-refractivity contribution in [2.45, 2.75) is 0 Å². The Morgan fingerprint density at radius 2 is 1.86 bits per heavy atom. The van der Waals surface area contributed by atoms with Crippen LogP contribution in [0.4, 0.5) is 0 Å². The Balaban J connectivity index is 2.19. The minimum atomic E-state index is 0.984. The quantitative estimate of drug-likeness (QED) is 0.680. The molecule has 0 amide bonds. The van der Waals surface area contributed by atoms with Crippen LogP contribution in [0.15, 0.2) is 35.7 Å². The zero-order chi connectivity index (χ0) is 9.80. The van der Waals surface area contributed by atoms with Crippen molar-refractivity contribution in [3.63, 3.8) is 0 Å². The van der Waals surface area contributed by atoms with Gasteiger partial charge in [-0.1, -0.05) is 48.6 Å². The highest BCUT2D eigenvalue weighted by Gasteiger charge is 1.89. The smallest absolute Gasteiger partial charge is 0.121 e. The van der Waals surface area contributed by atoms with E-state index in [1.165, 1.54) is 10.4 Å². The highest BCUT2D eigenvalue weighted by atomic mass is 32.2. The van der Waals surface area contributed by atoms with E-state index in [9.17, 15) is 0 Å². The molecule has 1 aromatic carbocycles. The van der Waals surface area contributed by atoms with Gasteiger partial charge >= 0.3 is 0 Å². The van der Waals surface area contributed by atoms with E-state index in [0.717, 1.165) is 3.14 Å². The van der Waals surface area contributed by atoms with Gasteiger partial charge in [0.15, 0.2) is 0 Å². The maximum Gasteiger partial charge on any atom is 0.144 e. The summed E-state index contributed by atoms with van der Waals surface area (Å²) in [6.45, 7) is 0. The maximum atomic E-state index is 5.07. The second kappa shape index (κ2) is 4.64. The van der Waals surface area contributed by atoms with Gasteiger partial charge in [0.05, 0.1) is 0 Å². The summed E-state index contributed by atoms with van der Waals surface area (Å²) in [6, 6.07) is 10.3. The third-order valence-electron chi connectivity index (χ3n) is 1.71. The van der Waals surface area contributed by atoms with E-state index in [4.69, 9.17) is 12.2 Å². The van der Waals surface area contributed by atoms with Gasteiger partial charge in [0.2, 0.25) is 0 Å². The molecule has 0 unspecified atom stereocenters. The van der Waals surface area contributed by atoms with E-state index < -0.39 is 0 Å². The first-order valence-electron chi connectivity index (χ1n) is 4.16. The lowest BCUT2D eigenvalue weighted by atomic mass is 10.2. The summed E-state index contributed by atoms with van der Waals surface area (Å²) in [4.78, 5) is 1.23. The number of benzene rings is 1. The van der Waals surface area contributed by atoms with Gasteiger partial charge in [0.1, 0.15) is 3.14 Å². The largest absolute Gasteiger partial charge is 0.144 e. The maximum absolute atomic E-state index is 5.07. The Kier molecular flexibility index (Phi) is 3.24. The Hall–Kier alpha value is -0.770. The van der Waals surface area contributed by atoms with Crippen LogP contribution in [-0.4, -0.2) is 0 Å². The lowest BCUT2D eigenvalue weighted by molar-refractivity contribution is 1.67. The minimum absolute atomic E-state index is 0.984. The number of hydrogen-bond acceptors (Lipinski definition) is 3. The molecule has 2 aromatic rings. The van der Waals surface area contributed by atoms with Crippen LogP contribution < -0.4 is 0 Å². The molecular weight excluding hydrogens is 228 g/mol. The van der Waals surface area contributed by atoms with E-state index >= 15 is 0 Å². The molecule has 1 heterocycles. The average Bonchev–Trinajstić information content (AvgIpc) is 2.63. The SMILES string of the molecule is S=c1scc(/C=C/c2ccccc2)s1. The molecule has 0 N–H and O–H groups in total. The van der Waals surface area contributed by atoms with E-state index in [1.54, 1.807) is 22.7 Å². The number of rotatable bonds is 2. The summed E-state index contributed by atoms with van der Waals surface area (Å²) >= 11 is 8.34. The molecule has 0 atom stereocenters. The molecule has 0 spiro atoms. The highest BCUT2D eigenvalue weighted by molar-refractivity contribution is 7.76. The number of hydrogen-bond donors (Lipinski definition) is 0. The molecule has 0 saturated heterocycles.